The fourth-order valence-corrected chi connectivity index (χ4v) is 3.47. The van der Waals surface area contributed by atoms with E-state index in [1.165, 1.54) is 13.2 Å². The van der Waals surface area contributed by atoms with Crippen LogP contribution in [0, 0.1) is 5.82 Å². The highest BCUT2D eigenvalue weighted by atomic mass is 19.3. The first-order valence-electron chi connectivity index (χ1n) is 10.1. The molecule has 3 rings (SSSR count). The summed E-state index contributed by atoms with van der Waals surface area (Å²) in [6, 6.07) is 17.6. The molecule has 32 heavy (non-hydrogen) atoms. The summed E-state index contributed by atoms with van der Waals surface area (Å²) >= 11 is 0. The van der Waals surface area contributed by atoms with E-state index >= 15 is 4.39 Å². The van der Waals surface area contributed by atoms with E-state index in [4.69, 9.17) is 14.2 Å². The van der Waals surface area contributed by atoms with E-state index < -0.39 is 18.7 Å². The number of methoxy groups -OCH3 is 3. The Hall–Kier alpha value is -3.35. The van der Waals surface area contributed by atoms with Crippen molar-refractivity contribution in [2.45, 2.75) is 25.9 Å². The zero-order valence-electron chi connectivity index (χ0n) is 18.3. The van der Waals surface area contributed by atoms with Gasteiger partial charge in [0.2, 0.25) is 6.43 Å². The fraction of sp³-hybridized carbons (Fsp3) is 0.280. The molecule has 170 valence electrons. The van der Waals surface area contributed by atoms with Gasteiger partial charge in [0.25, 0.3) is 0 Å². The van der Waals surface area contributed by atoms with Gasteiger partial charge in [0.15, 0.2) is 0 Å². The highest BCUT2D eigenvalue weighted by molar-refractivity contribution is 5.56. The molecule has 0 bridgehead atoms. The molecule has 4 nitrogen and oxygen atoms in total. The van der Waals surface area contributed by atoms with E-state index in [2.05, 4.69) is 0 Å². The molecule has 0 aliphatic heterocycles. The Bertz CT molecular complexity index is 959. The molecule has 0 aliphatic rings. The average Bonchev–Trinajstić information content (AvgIpc) is 2.79. The van der Waals surface area contributed by atoms with Crippen molar-refractivity contribution < 1.29 is 27.4 Å². The molecule has 0 atom stereocenters. The molecule has 3 aromatic carbocycles. The maximum atomic E-state index is 15.1. The summed E-state index contributed by atoms with van der Waals surface area (Å²) in [5.41, 5.74) is 2.28. The number of anilines is 1. The minimum atomic E-state index is -2.59. The maximum absolute atomic E-state index is 15.1. The molecule has 0 saturated carbocycles. The molecule has 0 unspecified atom stereocenters. The number of hydrogen-bond acceptors (Lipinski definition) is 4. The number of benzene rings is 3. The lowest BCUT2D eigenvalue weighted by atomic mass is 10.1. The standard InChI is InChI=1S/C25H26F3NO3/c1-30-20-8-4-17(5-9-20)15-29(16-18-6-10-21(31-2)11-7-18)23-14-24(32-3)19(12-22(23)26)13-25(27)28/h4-12,14,25H,13,15-16H2,1-3H3. The number of nitrogens with zero attached hydrogens (tertiary/aromatic N) is 1. The SMILES string of the molecule is COc1ccc(CN(Cc2ccc(OC)cc2)c2cc(OC)c(CC(F)F)cc2F)cc1. The van der Waals surface area contributed by atoms with Gasteiger partial charge in [0.05, 0.1) is 27.0 Å². The van der Waals surface area contributed by atoms with Crippen molar-refractivity contribution in [1.29, 1.82) is 0 Å². The Balaban J connectivity index is 1.97. The summed E-state index contributed by atoms with van der Waals surface area (Å²) in [5.74, 6) is 1.10. The Morgan fingerprint density at radius 2 is 1.25 bits per heavy atom. The van der Waals surface area contributed by atoms with Gasteiger partial charge in [0.1, 0.15) is 23.1 Å². The van der Waals surface area contributed by atoms with Crippen LogP contribution in [0.5, 0.6) is 17.2 Å². The molecule has 7 heteroatoms. The van der Waals surface area contributed by atoms with Crippen molar-refractivity contribution in [3.8, 4) is 17.2 Å². The van der Waals surface area contributed by atoms with Gasteiger partial charge in [-0.05, 0) is 41.5 Å². The molecule has 0 N–H and O–H groups in total. The second kappa shape index (κ2) is 10.8. The second-order valence-corrected chi connectivity index (χ2v) is 7.26. The van der Waals surface area contributed by atoms with Gasteiger partial charge in [-0.3, -0.25) is 0 Å². The first-order chi connectivity index (χ1) is 15.4. The summed E-state index contributed by atoms with van der Waals surface area (Å²) in [5, 5.41) is 0. The third kappa shape index (κ3) is 5.87. The monoisotopic (exact) mass is 445 g/mol. The van der Waals surface area contributed by atoms with Crippen LogP contribution in [0.2, 0.25) is 0 Å². The number of halogens is 3. The van der Waals surface area contributed by atoms with Crippen molar-refractivity contribution in [3.05, 3.63) is 83.2 Å². The summed E-state index contributed by atoms with van der Waals surface area (Å²) in [6.07, 6.45) is -3.17. The van der Waals surface area contributed by atoms with Crippen LogP contribution in [0.4, 0.5) is 18.9 Å². The van der Waals surface area contributed by atoms with Gasteiger partial charge in [-0.2, -0.15) is 0 Å². The third-order valence-corrected chi connectivity index (χ3v) is 5.13. The number of ether oxygens (including phenoxy) is 3. The molecule has 0 aliphatic carbocycles. The molecular weight excluding hydrogens is 419 g/mol. The molecule has 3 aromatic rings. The minimum absolute atomic E-state index is 0.137. The normalized spacial score (nSPS) is 10.8. The molecule has 0 fully saturated rings. The van der Waals surface area contributed by atoms with Crippen molar-refractivity contribution in [1.82, 2.24) is 0 Å². The van der Waals surface area contributed by atoms with Gasteiger partial charge >= 0.3 is 0 Å². The Kier molecular flexibility index (Phi) is 7.87. The molecular formula is C25H26F3NO3. The van der Waals surface area contributed by atoms with Crippen LogP contribution in [-0.4, -0.2) is 27.8 Å². The van der Waals surface area contributed by atoms with Crippen LogP contribution in [-0.2, 0) is 19.5 Å². The van der Waals surface area contributed by atoms with Crippen LogP contribution >= 0.6 is 0 Å². The first kappa shape index (κ1) is 23.3. The van der Waals surface area contributed by atoms with E-state index in [9.17, 15) is 8.78 Å². The van der Waals surface area contributed by atoms with Gasteiger partial charge in [-0.15, -0.1) is 0 Å². The van der Waals surface area contributed by atoms with Crippen LogP contribution in [0.1, 0.15) is 16.7 Å². The summed E-state index contributed by atoms with van der Waals surface area (Å²) in [6.45, 7) is 0.786. The second-order valence-electron chi connectivity index (χ2n) is 7.26. The number of hydrogen-bond donors (Lipinski definition) is 0. The smallest absolute Gasteiger partial charge is 0.242 e. The lowest BCUT2D eigenvalue weighted by molar-refractivity contribution is 0.148. The predicted molar refractivity (Wildman–Crippen MR) is 119 cm³/mol. The average molecular weight is 445 g/mol. The highest BCUT2D eigenvalue weighted by Crippen LogP contribution is 2.32. The lowest BCUT2D eigenvalue weighted by Crippen LogP contribution is -2.23. The third-order valence-electron chi connectivity index (χ3n) is 5.13. The summed E-state index contributed by atoms with van der Waals surface area (Å²) in [7, 11) is 4.57. The van der Waals surface area contributed by atoms with E-state index in [1.54, 1.807) is 14.2 Å². The number of rotatable bonds is 10. The Morgan fingerprint density at radius 1 is 0.750 bits per heavy atom. The van der Waals surface area contributed by atoms with Gasteiger partial charge in [-0.1, -0.05) is 24.3 Å². The molecule has 0 spiro atoms. The van der Waals surface area contributed by atoms with Crippen molar-refractivity contribution in [2.24, 2.45) is 0 Å². The van der Waals surface area contributed by atoms with E-state index in [-0.39, 0.29) is 17.0 Å². The topological polar surface area (TPSA) is 30.9 Å². The fourth-order valence-electron chi connectivity index (χ4n) is 3.47. The molecule has 0 saturated heterocycles. The maximum Gasteiger partial charge on any atom is 0.242 e. The Labute approximate surface area is 186 Å². The molecule has 0 aromatic heterocycles. The van der Waals surface area contributed by atoms with E-state index in [0.717, 1.165) is 28.7 Å². The van der Waals surface area contributed by atoms with E-state index in [0.29, 0.717) is 13.1 Å². The first-order valence-corrected chi connectivity index (χ1v) is 10.1. The Morgan fingerprint density at radius 3 is 1.66 bits per heavy atom. The number of alkyl halides is 2. The van der Waals surface area contributed by atoms with Crippen molar-refractivity contribution in [3.63, 3.8) is 0 Å². The van der Waals surface area contributed by atoms with Crippen LogP contribution < -0.4 is 19.1 Å². The summed E-state index contributed by atoms with van der Waals surface area (Å²) < 4.78 is 56.7. The van der Waals surface area contributed by atoms with Crippen molar-refractivity contribution >= 4 is 5.69 Å². The van der Waals surface area contributed by atoms with Crippen LogP contribution in [0.25, 0.3) is 0 Å². The largest absolute Gasteiger partial charge is 0.497 e. The van der Waals surface area contributed by atoms with Crippen molar-refractivity contribution in [2.75, 3.05) is 26.2 Å². The lowest BCUT2D eigenvalue weighted by Gasteiger charge is -2.27. The highest BCUT2D eigenvalue weighted by Gasteiger charge is 2.19. The zero-order valence-corrected chi connectivity index (χ0v) is 18.3. The predicted octanol–water partition coefficient (Wildman–Crippen LogP) is 5.87. The van der Waals surface area contributed by atoms with E-state index in [1.807, 2.05) is 53.4 Å². The molecule has 0 heterocycles. The van der Waals surface area contributed by atoms with Gasteiger partial charge in [-0.25, -0.2) is 13.2 Å². The summed E-state index contributed by atoms with van der Waals surface area (Å²) in [4.78, 5) is 1.84. The minimum Gasteiger partial charge on any atom is -0.497 e. The van der Waals surface area contributed by atoms with Gasteiger partial charge < -0.3 is 19.1 Å². The molecule has 0 amide bonds. The quantitative estimate of drug-likeness (QED) is 0.391. The van der Waals surface area contributed by atoms with Crippen LogP contribution in [0.3, 0.4) is 0 Å². The van der Waals surface area contributed by atoms with Gasteiger partial charge in [0, 0.05) is 31.1 Å². The molecule has 0 radical (unpaired) electrons. The van der Waals surface area contributed by atoms with Crippen LogP contribution in [0.15, 0.2) is 60.7 Å². The zero-order chi connectivity index (χ0) is 23.1.